The van der Waals surface area contributed by atoms with Gasteiger partial charge in [0.15, 0.2) is 0 Å². The average Bonchev–Trinajstić information content (AvgIpc) is 2.59. The van der Waals surface area contributed by atoms with Crippen LogP contribution in [0.5, 0.6) is 5.75 Å². The molecule has 1 amide bonds. The summed E-state index contributed by atoms with van der Waals surface area (Å²) in [5.41, 5.74) is 0.739. The first-order valence-electron chi connectivity index (χ1n) is 7.70. The van der Waals surface area contributed by atoms with Crippen LogP contribution in [0.2, 0.25) is 0 Å². The van der Waals surface area contributed by atoms with Crippen molar-refractivity contribution in [3.63, 3.8) is 0 Å². The molecular weight excluding hydrogens is 340 g/mol. The van der Waals surface area contributed by atoms with Gasteiger partial charge in [-0.3, -0.25) is 4.79 Å². The Hall–Kier alpha value is -2.79. The molecule has 1 aromatic carbocycles. The molecule has 130 valence electrons. The summed E-state index contributed by atoms with van der Waals surface area (Å²) in [6.07, 6.45) is 0.864. The molecule has 8 heteroatoms. The maximum Gasteiger partial charge on any atom is 0.346 e. The van der Waals surface area contributed by atoms with Gasteiger partial charge in [0, 0.05) is 5.69 Å². The molecule has 0 aliphatic heterocycles. The van der Waals surface area contributed by atoms with Crippen LogP contribution in [0.15, 0.2) is 34.1 Å². The number of benzene rings is 1. The monoisotopic (exact) mass is 358 g/mol. The molecule has 0 spiro atoms. The van der Waals surface area contributed by atoms with E-state index < -0.39 is 5.69 Å². The summed E-state index contributed by atoms with van der Waals surface area (Å²) in [4.78, 5) is 29.9. The number of anilines is 1. The summed E-state index contributed by atoms with van der Waals surface area (Å²) in [5.74, 6) is 0.346. The van der Waals surface area contributed by atoms with E-state index in [1.165, 1.54) is 0 Å². The zero-order valence-corrected chi connectivity index (χ0v) is 14.8. The lowest BCUT2D eigenvalue weighted by molar-refractivity contribution is -0.113. The number of nitriles is 1. The van der Waals surface area contributed by atoms with Crippen molar-refractivity contribution < 1.29 is 9.53 Å². The van der Waals surface area contributed by atoms with Gasteiger partial charge in [-0.1, -0.05) is 30.8 Å². The first-order chi connectivity index (χ1) is 12.0. The van der Waals surface area contributed by atoms with Crippen LogP contribution >= 0.6 is 11.8 Å². The van der Waals surface area contributed by atoms with E-state index in [4.69, 9.17) is 10.00 Å². The molecule has 25 heavy (non-hydrogen) atoms. The smallest absolute Gasteiger partial charge is 0.346 e. The van der Waals surface area contributed by atoms with Gasteiger partial charge in [-0.2, -0.15) is 10.2 Å². The first kappa shape index (κ1) is 18.5. The van der Waals surface area contributed by atoms with Gasteiger partial charge in [0.2, 0.25) is 5.91 Å². The largest absolute Gasteiger partial charge is 0.491 e. The number of carbonyl (C=O) groups excluding carboxylic acids is 1. The fourth-order valence-electron chi connectivity index (χ4n) is 2.02. The van der Waals surface area contributed by atoms with Crippen LogP contribution in [0.3, 0.4) is 0 Å². The van der Waals surface area contributed by atoms with Gasteiger partial charge in [0.25, 0.3) is 0 Å². The predicted octanol–water partition coefficient (Wildman–Crippen LogP) is 2.47. The van der Waals surface area contributed by atoms with Crippen molar-refractivity contribution in [3.05, 3.63) is 46.0 Å². The number of aromatic amines is 1. The molecule has 0 saturated heterocycles. The number of thioether (sulfide) groups is 1. The van der Waals surface area contributed by atoms with Crippen molar-refractivity contribution in [2.45, 2.75) is 25.3 Å². The lowest BCUT2D eigenvalue weighted by atomic mass is 10.3. The van der Waals surface area contributed by atoms with Crippen molar-refractivity contribution in [1.82, 2.24) is 9.97 Å². The number of para-hydroxylation sites is 2. The lowest BCUT2D eigenvalue weighted by Crippen LogP contribution is -2.17. The van der Waals surface area contributed by atoms with Crippen LogP contribution in [0.4, 0.5) is 5.69 Å². The SMILES string of the molecule is CCCOc1ccccc1NC(=O)CSc1nc(=O)[nH]c(C)c1C#N. The van der Waals surface area contributed by atoms with Gasteiger partial charge in [0.1, 0.15) is 22.4 Å². The summed E-state index contributed by atoms with van der Waals surface area (Å²) < 4.78 is 5.60. The van der Waals surface area contributed by atoms with Crippen molar-refractivity contribution in [3.8, 4) is 11.8 Å². The van der Waals surface area contributed by atoms with E-state index >= 15 is 0 Å². The highest BCUT2D eigenvalue weighted by Crippen LogP contribution is 2.25. The second-order valence-corrected chi connectivity index (χ2v) is 6.10. The molecule has 2 aromatic rings. The van der Waals surface area contributed by atoms with E-state index in [0.717, 1.165) is 18.2 Å². The molecule has 0 aliphatic rings. The normalized spacial score (nSPS) is 10.1. The quantitative estimate of drug-likeness (QED) is 0.581. The molecule has 1 heterocycles. The van der Waals surface area contributed by atoms with E-state index in [1.54, 1.807) is 25.1 Å². The molecule has 0 bridgehead atoms. The van der Waals surface area contributed by atoms with Gasteiger partial charge in [0.05, 0.1) is 18.0 Å². The fourth-order valence-corrected chi connectivity index (χ4v) is 2.85. The van der Waals surface area contributed by atoms with Gasteiger partial charge in [-0.25, -0.2) is 4.79 Å². The molecule has 0 unspecified atom stereocenters. The number of rotatable bonds is 7. The van der Waals surface area contributed by atoms with Crippen LogP contribution in [-0.4, -0.2) is 28.2 Å². The summed E-state index contributed by atoms with van der Waals surface area (Å²) >= 11 is 1.04. The number of nitrogens with one attached hydrogen (secondary N) is 2. The zero-order chi connectivity index (χ0) is 18.2. The van der Waals surface area contributed by atoms with Gasteiger partial charge >= 0.3 is 5.69 Å². The second-order valence-electron chi connectivity index (χ2n) is 5.14. The lowest BCUT2D eigenvalue weighted by Gasteiger charge is -2.12. The second kappa shape index (κ2) is 8.89. The molecule has 0 aliphatic carbocycles. The number of hydrogen-bond donors (Lipinski definition) is 2. The number of H-pyrrole nitrogens is 1. The Kier molecular flexibility index (Phi) is 6.60. The average molecular weight is 358 g/mol. The van der Waals surface area contributed by atoms with Gasteiger partial charge < -0.3 is 15.0 Å². The molecular formula is C17H18N4O3S. The van der Waals surface area contributed by atoms with Gasteiger partial charge in [-0.05, 0) is 25.5 Å². The maximum atomic E-state index is 12.2. The number of aromatic nitrogens is 2. The minimum absolute atomic E-state index is 0.0205. The Labute approximate surface area is 149 Å². The van der Waals surface area contributed by atoms with Crippen molar-refractivity contribution in [2.24, 2.45) is 0 Å². The Morgan fingerprint density at radius 3 is 2.92 bits per heavy atom. The Bertz CT molecular complexity index is 858. The highest BCUT2D eigenvalue weighted by Gasteiger charge is 2.13. The zero-order valence-electron chi connectivity index (χ0n) is 14.0. The van der Waals surface area contributed by atoms with Crippen molar-refractivity contribution in [2.75, 3.05) is 17.7 Å². The third-order valence-corrected chi connectivity index (χ3v) is 4.14. The molecule has 0 atom stereocenters. The summed E-state index contributed by atoms with van der Waals surface area (Å²) in [6, 6.07) is 9.16. The Morgan fingerprint density at radius 1 is 1.44 bits per heavy atom. The minimum atomic E-state index is -0.544. The third-order valence-electron chi connectivity index (χ3n) is 3.16. The topological polar surface area (TPSA) is 108 Å². The van der Waals surface area contributed by atoms with E-state index in [2.05, 4.69) is 15.3 Å². The van der Waals surface area contributed by atoms with Crippen LogP contribution in [-0.2, 0) is 4.79 Å². The van der Waals surface area contributed by atoms with Crippen molar-refractivity contribution >= 4 is 23.4 Å². The predicted molar refractivity (Wildman–Crippen MR) is 95.9 cm³/mol. The summed E-state index contributed by atoms with van der Waals surface area (Å²) in [5, 5.41) is 12.2. The van der Waals surface area contributed by atoms with Crippen LogP contribution in [0.1, 0.15) is 24.6 Å². The third kappa shape index (κ3) is 5.09. The molecule has 1 aromatic heterocycles. The van der Waals surface area contributed by atoms with Gasteiger partial charge in [-0.15, -0.1) is 0 Å². The van der Waals surface area contributed by atoms with Crippen LogP contribution in [0, 0.1) is 18.3 Å². The molecule has 0 saturated carbocycles. The van der Waals surface area contributed by atoms with Crippen LogP contribution in [0.25, 0.3) is 0 Å². The van der Waals surface area contributed by atoms with E-state index in [9.17, 15) is 9.59 Å². The number of amides is 1. The first-order valence-corrected chi connectivity index (χ1v) is 8.69. The van der Waals surface area contributed by atoms with E-state index in [1.807, 2.05) is 19.1 Å². The molecule has 0 radical (unpaired) electrons. The Morgan fingerprint density at radius 2 is 2.20 bits per heavy atom. The summed E-state index contributed by atoms with van der Waals surface area (Å²) in [6.45, 7) is 4.18. The summed E-state index contributed by atoms with van der Waals surface area (Å²) in [7, 11) is 0. The van der Waals surface area contributed by atoms with Crippen molar-refractivity contribution in [1.29, 1.82) is 5.26 Å². The minimum Gasteiger partial charge on any atom is -0.491 e. The highest BCUT2D eigenvalue weighted by atomic mass is 32.2. The number of aryl methyl sites for hydroxylation is 1. The molecule has 7 nitrogen and oxygen atoms in total. The number of nitrogens with zero attached hydrogens (tertiary/aromatic N) is 2. The fraction of sp³-hybridized carbons (Fsp3) is 0.294. The number of carbonyl (C=O) groups is 1. The van der Waals surface area contributed by atoms with E-state index in [0.29, 0.717) is 23.7 Å². The Balaban J connectivity index is 2.05. The molecule has 2 N–H and O–H groups in total. The standard InChI is InChI=1S/C17H18N4O3S/c1-3-8-24-14-7-5-4-6-13(14)20-15(22)10-25-16-12(9-18)11(2)19-17(23)21-16/h4-7H,3,8,10H2,1-2H3,(H,20,22)(H,19,21,23). The maximum absolute atomic E-state index is 12.2. The molecule has 2 rings (SSSR count). The highest BCUT2D eigenvalue weighted by molar-refractivity contribution is 8.00. The van der Waals surface area contributed by atoms with Crippen LogP contribution < -0.4 is 15.7 Å². The molecule has 0 fully saturated rings. The van der Waals surface area contributed by atoms with E-state index in [-0.39, 0.29) is 22.2 Å². The number of hydrogen-bond acceptors (Lipinski definition) is 6. The number of ether oxygens (including phenoxy) is 1.